The Morgan fingerprint density at radius 3 is 2.57 bits per heavy atom. The van der Waals surface area contributed by atoms with Crippen molar-refractivity contribution in [1.82, 2.24) is 14.8 Å². The molecule has 1 atom stereocenters. The van der Waals surface area contributed by atoms with Gasteiger partial charge in [-0.05, 0) is 69.5 Å². The van der Waals surface area contributed by atoms with Crippen molar-refractivity contribution < 1.29 is 14.9 Å². The average Bonchev–Trinajstić information content (AvgIpc) is 3.08. The fraction of sp³-hybridized carbons (Fsp3) is 0.364. The fourth-order valence-corrected chi connectivity index (χ4v) is 3.77. The minimum Gasteiger partial charge on any atom is -0.382 e. The maximum absolute atomic E-state index is 13.5. The Morgan fingerprint density at radius 1 is 1.10 bits per heavy atom. The summed E-state index contributed by atoms with van der Waals surface area (Å²) in [5, 5.41) is 11.0. The molecule has 0 spiro atoms. The van der Waals surface area contributed by atoms with Gasteiger partial charge in [0.2, 0.25) is 5.95 Å². The minimum absolute atomic E-state index is 0. The summed E-state index contributed by atoms with van der Waals surface area (Å²) in [6.07, 6.45) is 3.30. The molecule has 0 aliphatic carbocycles. The van der Waals surface area contributed by atoms with Gasteiger partial charge in [-0.15, -0.1) is 5.10 Å². The Morgan fingerprint density at radius 2 is 1.83 bits per heavy atom. The third-order valence-corrected chi connectivity index (χ3v) is 5.01. The Labute approximate surface area is 175 Å². The van der Waals surface area contributed by atoms with Gasteiger partial charge < -0.3 is 15.4 Å². The van der Waals surface area contributed by atoms with E-state index < -0.39 is 11.6 Å². The number of anilines is 3. The van der Waals surface area contributed by atoms with Crippen LogP contribution in [0, 0.1) is 18.6 Å². The van der Waals surface area contributed by atoms with E-state index in [0.717, 1.165) is 42.5 Å². The number of nitrogens with zero attached hydrogens (tertiary/aromatic N) is 3. The van der Waals surface area contributed by atoms with Gasteiger partial charge in [-0.1, -0.05) is 0 Å². The molecule has 1 aliphatic heterocycles. The zero-order valence-corrected chi connectivity index (χ0v) is 17.2. The van der Waals surface area contributed by atoms with Gasteiger partial charge in [-0.3, -0.25) is 0 Å². The summed E-state index contributed by atoms with van der Waals surface area (Å²) < 4.78 is 34.1. The summed E-state index contributed by atoms with van der Waals surface area (Å²) in [5.41, 5.74) is 3.05. The smallest absolute Gasteiger partial charge is 0.246 e. The molecule has 0 saturated carbocycles. The second-order valence-electron chi connectivity index (χ2n) is 8.30. The second kappa shape index (κ2) is 8.02. The average molecular weight is 415 g/mol. The third kappa shape index (κ3) is 4.94. The van der Waals surface area contributed by atoms with Crippen LogP contribution in [0.15, 0.2) is 42.7 Å². The van der Waals surface area contributed by atoms with E-state index in [1.165, 1.54) is 23.1 Å². The number of benzene rings is 2. The largest absolute Gasteiger partial charge is 0.382 e. The zero-order valence-electron chi connectivity index (χ0n) is 17.2. The predicted octanol–water partition coefficient (Wildman–Crippen LogP) is 5.21. The van der Waals surface area contributed by atoms with E-state index >= 15 is 0 Å². The van der Waals surface area contributed by atoms with Crippen molar-refractivity contribution in [2.75, 3.05) is 17.2 Å². The van der Waals surface area contributed by atoms with E-state index in [1.54, 1.807) is 0 Å². The molecule has 1 unspecified atom stereocenters. The number of ether oxygens (including phenoxy) is 1. The fourth-order valence-electron chi connectivity index (χ4n) is 3.77. The van der Waals surface area contributed by atoms with Crippen LogP contribution in [0.3, 0.4) is 0 Å². The molecule has 0 bridgehead atoms. The van der Waals surface area contributed by atoms with Crippen molar-refractivity contribution in [3.05, 3.63) is 59.9 Å². The first-order valence-electron chi connectivity index (χ1n) is 9.93. The van der Waals surface area contributed by atoms with Crippen LogP contribution in [0.4, 0.5) is 26.1 Å². The molecule has 0 amide bonds. The van der Waals surface area contributed by atoms with Crippen LogP contribution in [0.2, 0.25) is 0 Å². The summed E-state index contributed by atoms with van der Waals surface area (Å²) in [5.74, 6) is -0.996. The number of aromatic nitrogens is 3. The first kappa shape index (κ1) is 20.3. The van der Waals surface area contributed by atoms with Crippen LogP contribution < -0.4 is 10.6 Å². The van der Waals surface area contributed by atoms with Crippen molar-refractivity contribution in [2.45, 2.75) is 45.3 Å². The topological polar surface area (TPSA) is 64.0 Å². The molecular formula is C22H27F2N5O. The number of halogens is 2. The SMILES string of the molecule is Cc1cc(Nc2ncn(-c3cc(F)cc(F)c3)n2)cc(NC2CCOC(C)(C)C2)c1.[HH]. The van der Waals surface area contributed by atoms with Crippen molar-refractivity contribution in [3.8, 4) is 5.69 Å². The molecule has 1 aromatic heterocycles. The van der Waals surface area contributed by atoms with Gasteiger partial charge in [-0.25, -0.2) is 13.5 Å². The van der Waals surface area contributed by atoms with E-state index in [9.17, 15) is 8.78 Å². The number of hydrogen-bond donors (Lipinski definition) is 2. The summed E-state index contributed by atoms with van der Waals surface area (Å²) in [4.78, 5) is 4.20. The zero-order chi connectivity index (χ0) is 21.3. The molecule has 1 saturated heterocycles. The minimum atomic E-state index is -0.666. The van der Waals surface area contributed by atoms with E-state index in [4.69, 9.17) is 4.74 Å². The van der Waals surface area contributed by atoms with Crippen LogP contribution >= 0.6 is 0 Å². The van der Waals surface area contributed by atoms with Crippen molar-refractivity contribution in [2.24, 2.45) is 0 Å². The number of rotatable bonds is 5. The second-order valence-corrected chi connectivity index (χ2v) is 8.30. The first-order chi connectivity index (χ1) is 14.3. The molecule has 0 radical (unpaired) electrons. The maximum atomic E-state index is 13.5. The van der Waals surface area contributed by atoms with Crippen LogP contribution in [0.5, 0.6) is 0 Å². The van der Waals surface area contributed by atoms with Gasteiger partial charge in [0.1, 0.15) is 18.0 Å². The highest BCUT2D eigenvalue weighted by atomic mass is 19.1. The maximum Gasteiger partial charge on any atom is 0.246 e. The molecule has 4 rings (SSSR count). The summed E-state index contributed by atoms with van der Waals surface area (Å²) >= 11 is 0. The summed E-state index contributed by atoms with van der Waals surface area (Å²) in [6.45, 7) is 6.97. The molecule has 2 heterocycles. The van der Waals surface area contributed by atoms with Gasteiger partial charge in [-0.2, -0.15) is 4.98 Å². The van der Waals surface area contributed by atoms with Gasteiger partial charge in [0.25, 0.3) is 0 Å². The molecule has 3 aromatic rings. The van der Waals surface area contributed by atoms with Gasteiger partial charge in [0.05, 0.1) is 11.3 Å². The van der Waals surface area contributed by atoms with Crippen LogP contribution in [-0.4, -0.2) is 33.0 Å². The Bertz CT molecular complexity index is 1040. The molecule has 1 fully saturated rings. The molecule has 8 heteroatoms. The summed E-state index contributed by atoms with van der Waals surface area (Å²) in [7, 11) is 0. The van der Waals surface area contributed by atoms with E-state index in [2.05, 4.69) is 40.6 Å². The quantitative estimate of drug-likeness (QED) is 0.599. The molecule has 2 aromatic carbocycles. The van der Waals surface area contributed by atoms with E-state index in [1.807, 2.05) is 19.1 Å². The highest BCUT2D eigenvalue weighted by molar-refractivity contribution is 5.63. The Kier molecular flexibility index (Phi) is 5.42. The number of aryl methyl sites for hydroxylation is 1. The Hall–Kier alpha value is -3.00. The summed E-state index contributed by atoms with van der Waals surface area (Å²) in [6, 6.07) is 9.63. The van der Waals surface area contributed by atoms with Gasteiger partial charge >= 0.3 is 0 Å². The highest BCUT2D eigenvalue weighted by Gasteiger charge is 2.28. The van der Waals surface area contributed by atoms with Gasteiger partial charge in [0, 0.05) is 31.5 Å². The molecule has 160 valence electrons. The standard InChI is InChI=1S/C22H25F2N5O.H2/c1-14-6-18(26-17-4-5-30-22(2,3)12-17)11-19(7-14)27-21-25-13-29(28-21)20-9-15(23)8-16(24)10-20;/h6-11,13,17,26H,4-5,12H2,1-3H3,(H,27,28);1H. The Balaban J connectivity index is 0.00000272. The lowest BCUT2D eigenvalue weighted by atomic mass is 9.93. The molecule has 6 nitrogen and oxygen atoms in total. The molecule has 2 N–H and O–H groups in total. The third-order valence-electron chi connectivity index (χ3n) is 5.01. The van der Waals surface area contributed by atoms with Crippen molar-refractivity contribution in [1.29, 1.82) is 0 Å². The lowest BCUT2D eigenvalue weighted by Gasteiger charge is -2.36. The molecule has 30 heavy (non-hydrogen) atoms. The normalized spacial score (nSPS) is 18.2. The van der Waals surface area contributed by atoms with Gasteiger partial charge in [0.15, 0.2) is 0 Å². The van der Waals surface area contributed by atoms with E-state index in [-0.39, 0.29) is 12.7 Å². The van der Waals surface area contributed by atoms with Crippen LogP contribution in [0.25, 0.3) is 5.69 Å². The monoisotopic (exact) mass is 415 g/mol. The lowest BCUT2D eigenvalue weighted by Crippen LogP contribution is -2.40. The predicted molar refractivity (Wildman–Crippen MR) is 115 cm³/mol. The number of hydrogen-bond acceptors (Lipinski definition) is 5. The number of nitrogens with one attached hydrogen (secondary N) is 2. The first-order valence-corrected chi connectivity index (χ1v) is 9.93. The van der Waals surface area contributed by atoms with Crippen molar-refractivity contribution in [3.63, 3.8) is 0 Å². The van der Waals surface area contributed by atoms with Crippen LogP contribution in [0.1, 0.15) is 33.7 Å². The van der Waals surface area contributed by atoms with Crippen molar-refractivity contribution >= 4 is 17.3 Å². The van der Waals surface area contributed by atoms with Crippen LogP contribution in [-0.2, 0) is 4.74 Å². The highest BCUT2D eigenvalue weighted by Crippen LogP contribution is 2.28. The van der Waals surface area contributed by atoms with E-state index in [0.29, 0.717) is 12.0 Å². The molecular weight excluding hydrogens is 388 g/mol. The molecule has 1 aliphatic rings. The lowest BCUT2D eigenvalue weighted by molar-refractivity contribution is -0.0553.